The van der Waals surface area contributed by atoms with Crippen molar-refractivity contribution in [1.82, 2.24) is 10.2 Å². The van der Waals surface area contributed by atoms with Crippen LogP contribution >= 0.6 is 0 Å². The van der Waals surface area contributed by atoms with Gasteiger partial charge in [-0.2, -0.15) is 0 Å². The Morgan fingerprint density at radius 1 is 1.23 bits per heavy atom. The molecular weight excluding hydrogens is 336 g/mol. The highest BCUT2D eigenvalue weighted by Crippen LogP contribution is 2.20. The van der Waals surface area contributed by atoms with Crippen LogP contribution in [0.3, 0.4) is 0 Å². The maximum atomic E-state index is 12.6. The number of hydrogen-bond donors (Lipinski definition) is 1. The molecule has 1 aromatic carbocycles. The fourth-order valence-electron chi connectivity index (χ4n) is 2.88. The second kappa shape index (κ2) is 9.91. The van der Waals surface area contributed by atoms with Gasteiger partial charge in [0.2, 0.25) is 5.91 Å². The molecule has 0 aromatic heterocycles. The lowest BCUT2D eigenvalue weighted by atomic mass is 10.2. The summed E-state index contributed by atoms with van der Waals surface area (Å²) in [4.78, 5) is 37.9. The van der Waals surface area contributed by atoms with Crippen molar-refractivity contribution < 1.29 is 23.9 Å². The first-order valence-electron chi connectivity index (χ1n) is 8.93. The SMILES string of the molecule is CCOC(=O)CN[C@@H](C)C(=O)N1CCC[C@H]1C(=O)OCc1ccccc1. The second-order valence-electron chi connectivity index (χ2n) is 6.19. The maximum Gasteiger partial charge on any atom is 0.329 e. The minimum Gasteiger partial charge on any atom is -0.465 e. The standard InChI is InChI=1S/C19H26N2O5/c1-3-25-17(22)12-20-14(2)18(23)21-11-7-10-16(21)19(24)26-13-15-8-5-4-6-9-15/h4-6,8-9,14,16,20H,3,7,10-13H2,1-2H3/t14-,16-/m0/s1. The summed E-state index contributed by atoms with van der Waals surface area (Å²) in [7, 11) is 0. The number of esters is 2. The van der Waals surface area contributed by atoms with Gasteiger partial charge in [-0.05, 0) is 32.3 Å². The predicted molar refractivity (Wildman–Crippen MR) is 95.1 cm³/mol. The molecule has 142 valence electrons. The maximum absolute atomic E-state index is 12.6. The Morgan fingerprint density at radius 3 is 2.65 bits per heavy atom. The average molecular weight is 362 g/mol. The van der Waals surface area contributed by atoms with Crippen LogP contribution in [0.1, 0.15) is 32.3 Å². The van der Waals surface area contributed by atoms with Gasteiger partial charge in [0.25, 0.3) is 0 Å². The van der Waals surface area contributed by atoms with Crippen molar-refractivity contribution in [3.05, 3.63) is 35.9 Å². The van der Waals surface area contributed by atoms with Crippen molar-refractivity contribution in [3.63, 3.8) is 0 Å². The van der Waals surface area contributed by atoms with Gasteiger partial charge >= 0.3 is 11.9 Å². The Kier molecular flexibility index (Phi) is 7.59. The number of carbonyl (C=O) groups excluding carboxylic acids is 3. The van der Waals surface area contributed by atoms with Crippen LogP contribution in [0.4, 0.5) is 0 Å². The van der Waals surface area contributed by atoms with E-state index in [1.165, 1.54) is 4.90 Å². The molecule has 1 saturated heterocycles. The minimum absolute atomic E-state index is 0.0439. The Bertz CT molecular complexity index is 620. The highest BCUT2D eigenvalue weighted by molar-refractivity contribution is 5.88. The van der Waals surface area contributed by atoms with E-state index in [0.29, 0.717) is 19.6 Å². The first kappa shape index (κ1) is 19.9. The van der Waals surface area contributed by atoms with Crippen molar-refractivity contribution in [2.45, 2.75) is 45.4 Å². The molecule has 1 N–H and O–H groups in total. The summed E-state index contributed by atoms with van der Waals surface area (Å²) in [6, 6.07) is 8.27. The summed E-state index contributed by atoms with van der Waals surface area (Å²) in [5, 5.41) is 2.84. The number of amides is 1. The molecule has 0 bridgehead atoms. The predicted octanol–water partition coefficient (Wildman–Crippen LogP) is 1.26. The smallest absolute Gasteiger partial charge is 0.329 e. The number of likely N-dealkylation sites (tertiary alicyclic amines) is 1. The molecule has 1 aliphatic heterocycles. The highest BCUT2D eigenvalue weighted by Gasteiger charge is 2.37. The summed E-state index contributed by atoms with van der Waals surface area (Å²) in [5.74, 6) is -1.02. The summed E-state index contributed by atoms with van der Waals surface area (Å²) in [6.45, 7) is 4.35. The van der Waals surface area contributed by atoms with Crippen LogP contribution in [-0.4, -0.2) is 54.5 Å². The van der Waals surface area contributed by atoms with Gasteiger partial charge in [0.1, 0.15) is 12.6 Å². The third-order valence-electron chi connectivity index (χ3n) is 4.26. The summed E-state index contributed by atoms with van der Waals surface area (Å²) >= 11 is 0. The van der Waals surface area contributed by atoms with E-state index in [9.17, 15) is 14.4 Å². The van der Waals surface area contributed by atoms with Crippen LogP contribution in [0.2, 0.25) is 0 Å². The molecule has 0 aliphatic carbocycles. The largest absolute Gasteiger partial charge is 0.465 e. The number of nitrogens with one attached hydrogen (secondary N) is 1. The third-order valence-corrected chi connectivity index (χ3v) is 4.26. The molecule has 2 rings (SSSR count). The molecule has 1 fully saturated rings. The van der Waals surface area contributed by atoms with Crippen molar-refractivity contribution in [3.8, 4) is 0 Å². The quantitative estimate of drug-likeness (QED) is 0.701. The molecule has 7 nitrogen and oxygen atoms in total. The fourth-order valence-corrected chi connectivity index (χ4v) is 2.88. The zero-order valence-corrected chi connectivity index (χ0v) is 15.3. The summed E-state index contributed by atoms with van der Waals surface area (Å²) < 4.78 is 10.2. The van der Waals surface area contributed by atoms with Crippen molar-refractivity contribution in [2.24, 2.45) is 0 Å². The van der Waals surface area contributed by atoms with Gasteiger partial charge in [-0.1, -0.05) is 30.3 Å². The van der Waals surface area contributed by atoms with Crippen molar-refractivity contribution >= 4 is 17.8 Å². The summed E-state index contributed by atoms with van der Waals surface area (Å²) in [6.07, 6.45) is 1.34. The van der Waals surface area contributed by atoms with Crippen LogP contribution in [0.5, 0.6) is 0 Å². The molecule has 2 atom stereocenters. The van der Waals surface area contributed by atoms with Crippen molar-refractivity contribution in [1.29, 1.82) is 0 Å². The van der Waals surface area contributed by atoms with Crippen LogP contribution in [0.25, 0.3) is 0 Å². The minimum atomic E-state index is -0.582. The van der Waals surface area contributed by atoms with Crippen molar-refractivity contribution in [2.75, 3.05) is 19.7 Å². The molecule has 0 radical (unpaired) electrons. The molecule has 1 heterocycles. The van der Waals surface area contributed by atoms with E-state index < -0.39 is 24.0 Å². The molecule has 1 aromatic rings. The van der Waals surface area contributed by atoms with Crippen LogP contribution in [-0.2, 0) is 30.5 Å². The number of benzene rings is 1. The van der Waals surface area contributed by atoms with Gasteiger partial charge in [0, 0.05) is 6.54 Å². The molecule has 0 unspecified atom stereocenters. The summed E-state index contributed by atoms with van der Waals surface area (Å²) in [5.41, 5.74) is 0.904. The number of carbonyl (C=O) groups is 3. The van der Waals surface area contributed by atoms with E-state index >= 15 is 0 Å². The second-order valence-corrected chi connectivity index (χ2v) is 6.19. The van der Waals surface area contributed by atoms with Gasteiger partial charge in [-0.15, -0.1) is 0 Å². The number of hydrogen-bond acceptors (Lipinski definition) is 6. The third kappa shape index (κ3) is 5.56. The lowest BCUT2D eigenvalue weighted by molar-refractivity contribution is -0.155. The Labute approximate surface area is 153 Å². The van der Waals surface area contributed by atoms with Gasteiger partial charge in [0.05, 0.1) is 19.2 Å². The van der Waals surface area contributed by atoms with E-state index in [1.807, 2.05) is 30.3 Å². The number of ether oxygens (including phenoxy) is 2. The normalized spacial score (nSPS) is 17.6. The Balaban J connectivity index is 1.86. The molecule has 1 amide bonds. The monoisotopic (exact) mass is 362 g/mol. The molecule has 7 heteroatoms. The Morgan fingerprint density at radius 2 is 1.96 bits per heavy atom. The van der Waals surface area contributed by atoms with E-state index in [2.05, 4.69) is 5.32 Å². The zero-order valence-electron chi connectivity index (χ0n) is 15.3. The molecular formula is C19H26N2O5. The van der Waals surface area contributed by atoms with Gasteiger partial charge < -0.3 is 14.4 Å². The first-order chi connectivity index (χ1) is 12.5. The van der Waals surface area contributed by atoms with Crippen LogP contribution in [0.15, 0.2) is 30.3 Å². The topological polar surface area (TPSA) is 84.9 Å². The fraction of sp³-hybridized carbons (Fsp3) is 0.526. The van der Waals surface area contributed by atoms with Crippen LogP contribution < -0.4 is 5.32 Å². The van der Waals surface area contributed by atoms with Crippen LogP contribution in [0, 0.1) is 0 Å². The molecule has 0 spiro atoms. The lowest BCUT2D eigenvalue weighted by Crippen LogP contribution is -2.50. The molecule has 26 heavy (non-hydrogen) atoms. The first-order valence-corrected chi connectivity index (χ1v) is 8.93. The zero-order chi connectivity index (χ0) is 18.9. The Hall–Kier alpha value is -2.41. The molecule has 0 saturated carbocycles. The van der Waals surface area contributed by atoms with E-state index in [0.717, 1.165) is 12.0 Å². The van der Waals surface area contributed by atoms with E-state index in [-0.39, 0.29) is 19.1 Å². The van der Waals surface area contributed by atoms with E-state index in [4.69, 9.17) is 9.47 Å². The van der Waals surface area contributed by atoms with Gasteiger partial charge in [-0.25, -0.2) is 4.79 Å². The highest BCUT2D eigenvalue weighted by atomic mass is 16.5. The number of nitrogens with zero attached hydrogens (tertiary/aromatic N) is 1. The van der Waals surface area contributed by atoms with E-state index in [1.54, 1.807) is 13.8 Å². The average Bonchev–Trinajstić information content (AvgIpc) is 3.14. The lowest BCUT2D eigenvalue weighted by Gasteiger charge is -2.26. The molecule has 1 aliphatic rings. The van der Waals surface area contributed by atoms with Gasteiger partial charge in [-0.3, -0.25) is 14.9 Å². The van der Waals surface area contributed by atoms with Gasteiger partial charge in [0.15, 0.2) is 0 Å². The number of rotatable bonds is 8.